The summed E-state index contributed by atoms with van der Waals surface area (Å²) in [4.78, 5) is 13.5. The Morgan fingerprint density at radius 1 is 1.08 bits per heavy atom. The fourth-order valence-electron chi connectivity index (χ4n) is 2.75. The lowest BCUT2D eigenvalue weighted by molar-refractivity contribution is 0.0949. The van der Waals surface area contributed by atoms with Crippen LogP contribution in [0.4, 0.5) is 0 Å². The lowest BCUT2D eigenvalue weighted by atomic mass is 9.93. The van der Waals surface area contributed by atoms with E-state index in [-0.39, 0.29) is 18.4 Å². The van der Waals surface area contributed by atoms with Gasteiger partial charge in [-0.25, -0.2) is 0 Å². The molecule has 4 heteroatoms. The van der Waals surface area contributed by atoms with E-state index >= 15 is 0 Å². The molecule has 0 radical (unpaired) electrons. The molecule has 2 aromatic carbocycles. The Bertz CT molecular complexity index is 631. The number of aliphatic hydroxyl groups excluding tert-OH is 1. The van der Waals surface area contributed by atoms with Crippen LogP contribution in [0.5, 0.6) is 0 Å². The molecule has 0 saturated heterocycles. The minimum atomic E-state index is -0.0256. The SMILES string of the molecule is CCSc1ccccc1C(=O)NCC[C@H](CCO)c1ccccc1. The van der Waals surface area contributed by atoms with Gasteiger partial charge in [-0.05, 0) is 42.2 Å². The number of nitrogens with one attached hydrogen (secondary N) is 1. The largest absolute Gasteiger partial charge is 0.396 e. The highest BCUT2D eigenvalue weighted by molar-refractivity contribution is 7.99. The fraction of sp³-hybridized carbons (Fsp3) is 0.350. The van der Waals surface area contributed by atoms with Gasteiger partial charge < -0.3 is 10.4 Å². The lowest BCUT2D eigenvalue weighted by Crippen LogP contribution is -2.26. The molecular weight excluding hydrogens is 318 g/mol. The van der Waals surface area contributed by atoms with Crippen molar-refractivity contribution in [2.45, 2.75) is 30.6 Å². The van der Waals surface area contributed by atoms with Crippen molar-refractivity contribution in [3.05, 3.63) is 65.7 Å². The molecule has 128 valence electrons. The van der Waals surface area contributed by atoms with E-state index in [1.165, 1.54) is 5.56 Å². The zero-order chi connectivity index (χ0) is 17.2. The van der Waals surface area contributed by atoms with Crippen LogP contribution in [-0.4, -0.2) is 29.9 Å². The quantitative estimate of drug-likeness (QED) is 0.674. The third kappa shape index (κ3) is 5.39. The normalized spacial score (nSPS) is 11.9. The molecule has 2 N–H and O–H groups in total. The maximum Gasteiger partial charge on any atom is 0.252 e. The molecule has 0 heterocycles. The number of rotatable bonds is 9. The van der Waals surface area contributed by atoms with E-state index in [9.17, 15) is 9.90 Å². The molecule has 24 heavy (non-hydrogen) atoms. The first-order valence-electron chi connectivity index (χ1n) is 8.42. The van der Waals surface area contributed by atoms with E-state index in [2.05, 4.69) is 24.4 Å². The molecular formula is C20H25NO2S. The van der Waals surface area contributed by atoms with Crippen molar-refractivity contribution in [2.24, 2.45) is 0 Å². The van der Waals surface area contributed by atoms with Crippen LogP contribution in [0.1, 0.15) is 41.6 Å². The summed E-state index contributed by atoms with van der Waals surface area (Å²) in [5, 5.41) is 12.3. The van der Waals surface area contributed by atoms with Gasteiger partial charge in [0.2, 0.25) is 0 Å². The van der Waals surface area contributed by atoms with Crippen LogP contribution in [0.3, 0.4) is 0 Å². The van der Waals surface area contributed by atoms with Gasteiger partial charge in [-0.3, -0.25) is 4.79 Å². The predicted octanol–water partition coefficient (Wildman–Crippen LogP) is 4.08. The molecule has 0 spiro atoms. The zero-order valence-corrected chi connectivity index (χ0v) is 14.9. The lowest BCUT2D eigenvalue weighted by Gasteiger charge is -2.17. The van der Waals surface area contributed by atoms with Crippen LogP contribution in [0, 0.1) is 0 Å². The third-order valence-corrected chi connectivity index (χ3v) is 4.91. The van der Waals surface area contributed by atoms with Crippen LogP contribution in [0.25, 0.3) is 0 Å². The number of carbonyl (C=O) groups excluding carboxylic acids is 1. The van der Waals surface area contributed by atoms with Gasteiger partial charge in [-0.1, -0.05) is 49.4 Å². The maximum absolute atomic E-state index is 12.4. The van der Waals surface area contributed by atoms with Gasteiger partial charge in [0.05, 0.1) is 5.56 Å². The van der Waals surface area contributed by atoms with Gasteiger partial charge >= 0.3 is 0 Å². The van der Waals surface area contributed by atoms with Gasteiger partial charge in [-0.2, -0.15) is 0 Å². The van der Waals surface area contributed by atoms with Crippen molar-refractivity contribution in [1.82, 2.24) is 5.32 Å². The Balaban J connectivity index is 1.93. The summed E-state index contributed by atoms with van der Waals surface area (Å²) in [7, 11) is 0. The van der Waals surface area contributed by atoms with E-state index in [0.717, 1.165) is 22.6 Å². The van der Waals surface area contributed by atoms with E-state index in [1.54, 1.807) is 11.8 Å². The molecule has 3 nitrogen and oxygen atoms in total. The average Bonchev–Trinajstić information content (AvgIpc) is 2.62. The van der Waals surface area contributed by atoms with Crippen molar-refractivity contribution < 1.29 is 9.90 Å². The summed E-state index contributed by atoms with van der Waals surface area (Å²) in [5.74, 6) is 1.18. The minimum absolute atomic E-state index is 0.0256. The maximum atomic E-state index is 12.4. The first-order valence-corrected chi connectivity index (χ1v) is 9.40. The molecule has 1 amide bonds. The highest BCUT2D eigenvalue weighted by Crippen LogP contribution is 2.24. The Hall–Kier alpha value is -1.78. The predicted molar refractivity (Wildman–Crippen MR) is 101 cm³/mol. The summed E-state index contributed by atoms with van der Waals surface area (Å²) in [6, 6.07) is 17.9. The molecule has 0 bridgehead atoms. The Morgan fingerprint density at radius 2 is 1.79 bits per heavy atom. The topological polar surface area (TPSA) is 49.3 Å². The highest BCUT2D eigenvalue weighted by Gasteiger charge is 2.13. The van der Waals surface area contributed by atoms with Gasteiger partial charge in [0.25, 0.3) is 5.91 Å². The monoisotopic (exact) mass is 343 g/mol. The van der Waals surface area contributed by atoms with Crippen LogP contribution in [0.15, 0.2) is 59.5 Å². The Morgan fingerprint density at radius 3 is 2.50 bits per heavy atom. The van der Waals surface area contributed by atoms with Gasteiger partial charge in [-0.15, -0.1) is 11.8 Å². The second kappa shape index (κ2) is 10.2. The molecule has 0 unspecified atom stereocenters. The number of carbonyl (C=O) groups is 1. The second-order valence-corrected chi connectivity index (χ2v) is 6.90. The van der Waals surface area contributed by atoms with Crippen molar-refractivity contribution in [3.8, 4) is 0 Å². The number of aliphatic hydroxyl groups is 1. The standard InChI is InChI=1S/C20H25NO2S/c1-2-24-19-11-7-6-10-18(19)20(23)21-14-12-17(13-15-22)16-8-4-3-5-9-16/h3-11,17,22H,2,12-15H2,1H3,(H,21,23)/t17-/m1/s1. The molecule has 0 aliphatic carbocycles. The van der Waals surface area contributed by atoms with Gasteiger partial charge in [0, 0.05) is 18.0 Å². The summed E-state index contributed by atoms with van der Waals surface area (Å²) < 4.78 is 0. The van der Waals surface area contributed by atoms with Crippen LogP contribution in [-0.2, 0) is 0 Å². The summed E-state index contributed by atoms with van der Waals surface area (Å²) in [6.45, 7) is 2.84. The molecule has 2 rings (SSSR count). The molecule has 1 atom stereocenters. The first kappa shape index (κ1) is 18.6. The summed E-state index contributed by atoms with van der Waals surface area (Å²) in [6.07, 6.45) is 1.53. The molecule has 0 aliphatic rings. The van der Waals surface area contributed by atoms with Gasteiger partial charge in [0.1, 0.15) is 0 Å². The number of benzene rings is 2. The Kier molecular flexibility index (Phi) is 7.86. The third-order valence-electron chi connectivity index (χ3n) is 3.96. The van der Waals surface area contributed by atoms with E-state index < -0.39 is 0 Å². The molecule has 0 aromatic heterocycles. The van der Waals surface area contributed by atoms with Crippen LogP contribution in [0.2, 0.25) is 0 Å². The summed E-state index contributed by atoms with van der Waals surface area (Å²) in [5.41, 5.74) is 1.95. The first-order chi connectivity index (χ1) is 11.8. The molecule has 0 aliphatic heterocycles. The van der Waals surface area contributed by atoms with Crippen molar-refractivity contribution in [1.29, 1.82) is 0 Å². The molecule has 0 saturated carbocycles. The highest BCUT2D eigenvalue weighted by atomic mass is 32.2. The van der Waals surface area contributed by atoms with Gasteiger partial charge in [0.15, 0.2) is 0 Å². The minimum Gasteiger partial charge on any atom is -0.396 e. The number of amides is 1. The van der Waals surface area contributed by atoms with Crippen LogP contribution >= 0.6 is 11.8 Å². The number of hydrogen-bond donors (Lipinski definition) is 2. The molecule has 2 aromatic rings. The average molecular weight is 343 g/mol. The number of hydrogen-bond acceptors (Lipinski definition) is 3. The van der Waals surface area contributed by atoms with Crippen LogP contribution < -0.4 is 5.32 Å². The van der Waals surface area contributed by atoms with E-state index in [1.807, 2.05) is 42.5 Å². The smallest absolute Gasteiger partial charge is 0.252 e. The summed E-state index contributed by atoms with van der Waals surface area (Å²) >= 11 is 1.68. The number of thioether (sulfide) groups is 1. The Labute approximate surface area is 148 Å². The van der Waals surface area contributed by atoms with Crippen molar-refractivity contribution in [2.75, 3.05) is 18.9 Å². The van der Waals surface area contributed by atoms with E-state index in [0.29, 0.717) is 13.0 Å². The fourth-order valence-corrected chi connectivity index (χ4v) is 3.55. The zero-order valence-electron chi connectivity index (χ0n) is 14.1. The van der Waals surface area contributed by atoms with E-state index in [4.69, 9.17) is 0 Å². The molecule has 0 fully saturated rings. The van der Waals surface area contributed by atoms with Crippen molar-refractivity contribution >= 4 is 17.7 Å². The van der Waals surface area contributed by atoms with Crippen molar-refractivity contribution in [3.63, 3.8) is 0 Å². The second-order valence-electron chi connectivity index (χ2n) is 5.59.